The maximum Gasteiger partial charge on any atom is 0.344 e. The first-order valence-corrected chi connectivity index (χ1v) is 7.79. The Hall–Kier alpha value is -3.76. The summed E-state index contributed by atoms with van der Waals surface area (Å²) in [6.45, 7) is 2.67. The maximum absolute atomic E-state index is 12.0. The van der Waals surface area contributed by atoms with Gasteiger partial charge in [-0.3, -0.25) is 30.6 Å². The minimum atomic E-state index is -0.797. The molecule has 1 aromatic carbocycles. The predicted molar refractivity (Wildman–Crippen MR) is 89.6 cm³/mol. The van der Waals surface area contributed by atoms with Crippen LogP contribution in [-0.2, 0) is 16.0 Å². The number of aryl methyl sites for hydroxylation is 2. The average molecular weight is 376 g/mol. The van der Waals surface area contributed by atoms with Gasteiger partial charge in [-0.05, 0) is 19.4 Å². The molecule has 1 aromatic heterocycles. The van der Waals surface area contributed by atoms with Gasteiger partial charge in [-0.25, -0.2) is 4.79 Å². The molecule has 0 radical (unpaired) electrons. The number of hydrogen-bond donors (Lipinski definition) is 2. The summed E-state index contributed by atoms with van der Waals surface area (Å²) in [7, 11) is 0. The largest absolute Gasteiger partial charge is 0.452 e. The Balaban J connectivity index is 1.86. The normalized spacial score (nSPS) is 10.1. The van der Waals surface area contributed by atoms with Crippen LogP contribution in [0.2, 0.25) is 0 Å². The molecule has 27 heavy (non-hydrogen) atoms. The zero-order chi connectivity index (χ0) is 20.0. The van der Waals surface area contributed by atoms with Crippen LogP contribution in [-0.4, -0.2) is 34.5 Å². The van der Waals surface area contributed by atoms with E-state index in [0.29, 0.717) is 12.1 Å². The number of nitrogens with zero attached hydrogens (tertiary/aromatic N) is 2. The van der Waals surface area contributed by atoms with E-state index in [-0.39, 0.29) is 22.6 Å². The highest BCUT2D eigenvalue weighted by atomic mass is 16.6. The van der Waals surface area contributed by atoms with Crippen LogP contribution in [0.15, 0.2) is 28.8 Å². The van der Waals surface area contributed by atoms with Gasteiger partial charge in [-0.15, -0.1) is 0 Å². The fourth-order valence-electron chi connectivity index (χ4n) is 2.12. The molecular weight excluding hydrogens is 360 g/mol. The number of hydrogen-bond acceptors (Lipinski definition) is 8. The van der Waals surface area contributed by atoms with Gasteiger partial charge in [0.1, 0.15) is 11.3 Å². The van der Waals surface area contributed by atoms with E-state index in [1.54, 1.807) is 13.8 Å². The highest BCUT2D eigenvalue weighted by molar-refractivity contribution is 5.96. The monoisotopic (exact) mass is 376 g/mol. The second kappa shape index (κ2) is 8.56. The molecule has 2 amide bonds. The van der Waals surface area contributed by atoms with Gasteiger partial charge in [0, 0.05) is 17.7 Å². The van der Waals surface area contributed by atoms with Crippen molar-refractivity contribution in [3.8, 4) is 0 Å². The lowest BCUT2D eigenvalue weighted by Crippen LogP contribution is -2.43. The van der Waals surface area contributed by atoms with Crippen molar-refractivity contribution < 1.29 is 28.6 Å². The van der Waals surface area contributed by atoms with Crippen molar-refractivity contribution in [2.45, 2.75) is 20.3 Å². The summed E-state index contributed by atoms with van der Waals surface area (Å²) in [5, 5.41) is 14.4. The lowest BCUT2D eigenvalue weighted by Gasteiger charge is -2.08. The molecule has 11 nitrogen and oxygen atoms in total. The average Bonchev–Trinajstić information content (AvgIpc) is 3.04. The molecule has 11 heteroatoms. The molecule has 2 rings (SSSR count). The van der Waals surface area contributed by atoms with Crippen molar-refractivity contribution in [3.63, 3.8) is 0 Å². The number of amides is 2. The van der Waals surface area contributed by atoms with Gasteiger partial charge in [0.15, 0.2) is 6.61 Å². The molecule has 142 valence electrons. The Morgan fingerprint density at radius 1 is 1.30 bits per heavy atom. The molecule has 0 aliphatic heterocycles. The number of rotatable bonds is 6. The summed E-state index contributed by atoms with van der Waals surface area (Å²) in [4.78, 5) is 45.7. The van der Waals surface area contributed by atoms with Gasteiger partial charge in [0.25, 0.3) is 17.5 Å². The molecule has 2 N–H and O–H groups in total. The number of benzene rings is 1. The first-order valence-electron chi connectivity index (χ1n) is 7.79. The Labute approximate surface area is 152 Å². The van der Waals surface area contributed by atoms with Gasteiger partial charge >= 0.3 is 5.97 Å². The zero-order valence-corrected chi connectivity index (χ0v) is 14.5. The molecule has 0 saturated carbocycles. The van der Waals surface area contributed by atoms with Crippen LogP contribution in [0.3, 0.4) is 0 Å². The Kier molecular flexibility index (Phi) is 6.20. The Morgan fingerprint density at radius 2 is 2.04 bits per heavy atom. The van der Waals surface area contributed by atoms with Crippen LogP contribution in [0.4, 0.5) is 5.69 Å². The highest BCUT2D eigenvalue weighted by Gasteiger charge is 2.21. The number of ether oxygens (including phenoxy) is 1. The SMILES string of the molecule is CCc1noc(C)c1C(=O)OCC(=O)NNC(=O)c1cccc([N+](=O)[O-])c1. The molecule has 0 unspecified atom stereocenters. The predicted octanol–water partition coefficient (Wildman–Crippen LogP) is 1.07. The van der Waals surface area contributed by atoms with Crippen molar-refractivity contribution in [2.24, 2.45) is 0 Å². The van der Waals surface area contributed by atoms with Gasteiger partial charge in [0.05, 0.1) is 10.6 Å². The van der Waals surface area contributed by atoms with Gasteiger partial charge in [0.2, 0.25) is 0 Å². The number of nitro groups is 1. The molecule has 0 atom stereocenters. The van der Waals surface area contributed by atoms with Crippen molar-refractivity contribution in [3.05, 3.63) is 57.0 Å². The second-order valence-electron chi connectivity index (χ2n) is 5.30. The minimum absolute atomic E-state index is 0.0193. The Morgan fingerprint density at radius 3 is 2.70 bits per heavy atom. The second-order valence-corrected chi connectivity index (χ2v) is 5.30. The molecule has 0 spiro atoms. The third-order valence-electron chi connectivity index (χ3n) is 3.44. The molecule has 0 aliphatic rings. The molecule has 0 fully saturated rings. The summed E-state index contributed by atoms with van der Waals surface area (Å²) in [6.07, 6.45) is 0.452. The lowest BCUT2D eigenvalue weighted by atomic mass is 10.1. The number of aromatic nitrogens is 1. The van der Waals surface area contributed by atoms with Gasteiger partial charge in [-0.2, -0.15) is 0 Å². The molecule has 2 aromatic rings. The first-order chi connectivity index (χ1) is 12.8. The number of hydrazine groups is 1. The fraction of sp³-hybridized carbons (Fsp3) is 0.250. The maximum atomic E-state index is 12.0. The number of carbonyl (C=O) groups excluding carboxylic acids is 3. The number of non-ortho nitro benzene ring substituents is 1. The van der Waals surface area contributed by atoms with Crippen LogP contribution in [0.1, 0.15) is 39.1 Å². The minimum Gasteiger partial charge on any atom is -0.452 e. The van der Waals surface area contributed by atoms with E-state index in [9.17, 15) is 24.5 Å². The molecule has 1 heterocycles. The smallest absolute Gasteiger partial charge is 0.344 e. The van der Waals surface area contributed by atoms with Crippen LogP contribution >= 0.6 is 0 Å². The number of esters is 1. The van der Waals surface area contributed by atoms with Crippen LogP contribution in [0.5, 0.6) is 0 Å². The molecular formula is C16H16N4O7. The number of nitro benzene ring substituents is 1. The highest BCUT2D eigenvalue weighted by Crippen LogP contribution is 2.15. The van der Waals surface area contributed by atoms with E-state index >= 15 is 0 Å². The fourth-order valence-corrected chi connectivity index (χ4v) is 2.12. The zero-order valence-electron chi connectivity index (χ0n) is 14.5. The summed E-state index contributed by atoms with van der Waals surface area (Å²) < 4.78 is 9.78. The van der Waals surface area contributed by atoms with Crippen LogP contribution in [0, 0.1) is 17.0 Å². The standard InChI is InChI=1S/C16H16N4O7/c1-3-12-14(9(2)27-19-12)16(23)26-8-13(21)17-18-15(22)10-5-4-6-11(7-10)20(24)25/h4-7H,3,8H2,1-2H3,(H,17,21)(H,18,22). The lowest BCUT2D eigenvalue weighted by molar-refractivity contribution is -0.384. The van der Waals surface area contributed by atoms with E-state index in [1.807, 2.05) is 5.43 Å². The van der Waals surface area contributed by atoms with Crippen molar-refractivity contribution >= 4 is 23.5 Å². The van der Waals surface area contributed by atoms with E-state index in [0.717, 1.165) is 6.07 Å². The van der Waals surface area contributed by atoms with Crippen molar-refractivity contribution in [2.75, 3.05) is 6.61 Å². The number of carbonyl (C=O) groups is 3. The van der Waals surface area contributed by atoms with Crippen LogP contribution in [0.25, 0.3) is 0 Å². The summed E-state index contributed by atoms with van der Waals surface area (Å²) in [5.74, 6) is -2.06. The molecule has 0 aliphatic carbocycles. The quantitative estimate of drug-likeness (QED) is 0.431. The van der Waals surface area contributed by atoms with E-state index in [2.05, 4.69) is 10.6 Å². The van der Waals surface area contributed by atoms with Gasteiger partial charge < -0.3 is 9.26 Å². The summed E-state index contributed by atoms with van der Waals surface area (Å²) in [6, 6.07) is 4.97. The summed E-state index contributed by atoms with van der Waals surface area (Å²) >= 11 is 0. The van der Waals surface area contributed by atoms with Crippen molar-refractivity contribution in [1.82, 2.24) is 16.0 Å². The van der Waals surface area contributed by atoms with Crippen LogP contribution < -0.4 is 10.9 Å². The first kappa shape index (κ1) is 19.6. The van der Waals surface area contributed by atoms with Crippen molar-refractivity contribution in [1.29, 1.82) is 0 Å². The number of nitrogens with one attached hydrogen (secondary N) is 2. The molecule has 0 bridgehead atoms. The van der Waals surface area contributed by atoms with E-state index in [4.69, 9.17) is 9.26 Å². The summed E-state index contributed by atoms with van der Waals surface area (Å²) in [5.41, 5.74) is 4.41. The van der Waals surface area contributed by atoms with E-state index in [1.165, 1.54) is 18.2 Å². The van der Waals surface area contributed by atoms with E-state index < -0.39 is 29.3 Å². The third kappa shape index (κ3) is 4.87. The third-order valence-corrected chi connectivity index (χ3v) is 3.44. The topological polar surface area (TPSA) is 154 Å². The van der Waals surface area contributed by atoms with Gasteiger partial charge in [-0.1, -0.05) is 18.1 Å². The molecule has 0 saturated heterocycles. The Bertz CT molecular complexity index is 891.